The molecule has 6 heteroatoms. The molecule has 0 aliphatic carbocycles. The Labute approximate surface area is 145 Å². The first-order valence-corrected chi connectivity index (χ1v) is 9.11. The molecule has 1 aliphatic heterocycles. The molecule has 2 aromatic heterocycles. The molecule has 0 spiro atoms. The number of benzene rings is 1. The van der Waals surface area contributed by atoms with E-state index in [-0.39, 0.29) is 0 Å². The monoisotopic (exact) mass is 340 g/mol. The molecule has 1 saturated heterocycles. The van der Waals surface area contributed by atoms with Crippen LogP contribution in [0.4, 0.5) is 5.82 Å². The van der Waals surface area contributed by atoms with Crippen LogP contribution in [0.5, 0.6) is 0 Å². The Morgan fingerprint density at radius 2 is 2.04 bits per heavy atom. The second-order valence-corrected chi connectivity index (χ2v) is 6.73. The van der Waals surface area contributed by atoms with Gasteiger partial charge in [0.05, 0.1) is 18.9 Å². The topological polar surface area (TPSA) is 50.3 Å². The SMILES string of the molecule is c1ccc2c(-c3cc(NCCN4CCOCC4)ncn3)csc2c1. The lowest BCUT2D eigenvalue weighted by Crippen LogP contribution is -2.39. The van der Waals surface area contributed by atoms with E-state index in [1.54, 1.807) is 17.7 Å². The van der Waals surface area contributed by atoms with Crippen LogP contribution in [-0.2, 0) is 4.74 Å². The van der Waals surface area contributed by atoms with Crippen LogP contribution in [0, 0.1) is 0 Å². The van der Waals surface area contributed by atoms with E-state index < -0.39 is 0 Å². The van der Waals surface area contributed by atoms with Crippen molar-refractivity contribution in [1.82, 2.24) is 14.9 Å². The van der Waals surface area contributed by atoms with E-state index in [4.69, 9.17) is 4.74 Å². The molecule has 4 rings (SSSR count). The Kier molecular flexibility index (Phi) is 4.69. The summed E-state index contributed by atoms with van der Waals surface area (Å²) >= 11 is 1.75. The molecule has 3 heterocycles. The zero-order chi connectivity index (χ0) is 16.2. The molecule has 0 bridgehead atoms. The van der Waals surface area contributed by atoms with Gasteiger partial charge in [-0.25, -0.2) is 9.97 Å². The quantitative estimate of drug-likeness (QED) is 0.773. The second-order valence-electron chi connectivity index (χ2n) is 5.81. The second kappa shape index (κ2) is 7.25. The van der Waals surface area contributed by atoms with Gasteiger partial charge in [-0.2, -0.15) is 0 Å². The highest BCUT2D eigenvalue weighted by atomic mass is 32.1. The molecule has 5 nitrogen and oxygen atoms in total. The van der Waals surface area contributed by atoms with E-state index in [9.17, 15) is 0 Å². The van der Waals surface area contributed by atoms with Gasteiger partial charge in [0.15, 0.2) is 0 Å². The molecule has 0 unspecified atom stereocenters. The van der Waals surface area contributed by atoms with Gasteiger partial charge in [-0.05, 0) is 6.07 Å². The fourth-order valence-electron chi connectivity index (χ4n) is 2.94. The standard InChI is InChI=1S/C18H20N4OS/c1-2-4-17-14(3-1)15(12-24-17)16-11-18(21-13-20-16)19-5-6-22-7-9-23-10-8-22/h1-4,11-13H,5-10H2,(H,19,20,21). The average Bonchev–Trinajstić information content (AvgIpc) is 3.07. The molecule has 0 atom stereocenters. The number of thiophene rings is 1. The average molecular weight is 340 g/mol. The van der Waals surface area contributed by atoms with E-state index in [2.05, 4.69) is 49.8 Å². The molecule has 0 radical (unpaired) electrons. The third kappa shape index (κ3) is 3.40. The Balaban J connectivity index is 1.45. The highest BCUT2D eigenvalue weighted by molar-refractivity contribution is 7.17. The molecule has 1 aliphatic rings. The van der Waals surface area contributed by atoms with Crippen molar-refractivity contribution < 1.29 is 4.74 Å². The number of fused-ring (bicyclic) bond motifs is 1. The van der Waals surface area contributed by atoms with E-state index in [1.165, 1.54) is 15.6 Å². The minimum absolute atomic E-state index is 0.836. The summed E-state index contributed by atoms with van der Waals surface area (Å²) < 4.78 is 6.66. The summed E-state index contributed by atoms with van der Waals surface area (Å²) in [4.78, 5) is 11.2. The summed E-state index contributed by atoms with van der Waals surface area (Å²) in [5.41, 5.74) is 2.14. The summed E-state index contributed by atoms with van der Waals surface area (Å²) in [7, 11) is 0. The number of ether oxygens (including phenoxy) is 1. The minimum atomic E-state index is 0.836. The summed E-state index contributed by atoms with van der Waals surface area (Å²) in [5, 5.41) is 6.83. The Morgan fingerprint density at radius 3 is 2.96 bits per heavy atom. The predicted octanol–water partition coefficient (Wildman–Crippen LogP) is 3.10. The molecule has 24 heavy (non-hydrogen) atoms. The van der Waals surface area contributed by atoms with Crippen LogP contribution < -0.4 is 5.32 Å². The molecule has 1 aromatic carbocycles. The highest BCUT2D eigenvalue weighted by Crippen LogP contribution is 2.33. The summed E-state index contributed by atoms with van der Waals surface area (Å²) in [6.07, 6.45) is 1.64. The van der Waals surface area contributed by atoms with Crippen molar-refractivity contribution in [2.24, 2.45) is 0 Å². The van der Waals surface area contributed by atoms with Gasteiger partial charge in [0.25, 0.3) is 0 Å². The first-order chi connectivity index (χ1) is 11.9. The summed E-state index contributed by atoms with van der Waals surface area (Å²) in [6, 6.07) is 10.5. The van der Waals surface area contributed by atoms with Crippen LogP contribution in [0.2, 0.25) is 0 Å². The van der Waals surface area contributed by atoms with Crippen LogP contribution in [0.3, 0.4) is 0 Å². The van der Waals surface area contributed by atoms with Crippen molar-refractivity contribution >= 4 is 27.2 Å². The van der Waals surface area contributed by atoms with E-state index in [1.807, 2.05) is 6.07 Å². The van der Waals surface area contributed by atoms with Crippen molar-refractivity contribution in [3.8, 4) is 11.3 Å². The van der Waals surface area contributed by atoms with Crippen molar-refractivity contribution in [2.45, 2.75) is 0 Å². The van der Waals surface area contributed by atoms with Gasteiger partial charge in [-0.3, -0.25) is 4.90 Å². The van der Waals surface area contributed by atoms with Gasteiger partial charge in [0, 0.05) is 53.3 Å². The van der Waals surface area contributed by atoms with E-state index in [0.717, 1.165) is 50.9 Å². The molecular weight excluding hydrogens is 320 g/mol. The van der Waals surface area contributed by atoms with Gasteiger partial charge in [-0.1, -0.05) is 18.2 Å². The summed E-state index contributed by atoms with van der Waals surface area (Å²) in [5.74, 6) is 0.878. The largest absolute Gasteiger partial charge is 0.379 e. The van der Waals surface area contributed by atoms with Crippen LogP contribution in [-0.4, -0.2) is 54.3 Å². The first-order valence-electron chi connectivity index (χ1n) is 8.23. The van der Waals surface area contributed by atoms with Crippen molar-refractivity contribution in [3.05, 3.63) is 42.0 Å². The van der Waals surface area contributed by atoms with Gasteiger partial charge in [-0.15, -0.1) is 11.3 Å². The number of hydrogen-bond acceptors (Lipinski definition) is 6. The smallest absolute Gasteiger partial charge is 0.129 e. The van der Waals surface area contributed by atoms with Crippen LogP contribution >= 0.6 is 11.3 Å². The molecule has 1 N–H and O–H groups in total. The van der Waals surface area contributed by atoms with Crippen LogP contribution in [0.25, 0.3) is 21.3 Å². The van der Waals surface area contributed by atoms with Gasteiger partial charge in [0.1, 0.15) is 12.1 Å². The van der Waals surface area contributed by atoms with Crippen molar-refractivity contribution in [3.63, 3.8) is 0 Å². The number of nitrogens with zero attached hydrogens (tertiary/aromatic N) is 3. The third-order valence-electron chi connectivity index (χ3n) is 4.26. The summed E-state index contributed by atoms with van der Waals surface area (Å²) in [6.45, 7) is 5.58. The fraction of sp³-hybridized carbons (Fsp3) is 0.333. The number of hydrogen-bond donors (Lipinski definition) is 1. The van der Waals surface area contributed by atoms with Crippen LogP contribution in [0.15, 0.2) is 42.0 Å². The Bertz CT molecular complexity index is 813. The lowest BCUT2D eigenvalue weighted by molar-refractivity contribution is 0.0398. The molecular formula is C18H20N4OS. The van der Waals surface area contributed by atoms with Gasteiger partial charge in [0.2, 0.25) is 0 Å². The number of morpholine rings is 1. The minimum Gasteiger partial charge on any atom is -0.379 e. The van der Waals surface area contributed by atoms with Crippen molar-refractivity contribution in [1.29, 1.82) is 0 Å². The van der Waals surface area contributed by atoms with Crippen LogP contribution in [0.1, 0.15) is 0 Å². The number of anilines is 1. The zero-order valence-electron chi connectivity index (χ0n) is 13.4. The van der Waals surface area contributed by atoms with E-state index in [0.29, 0.717) is 0 Å². The molecule has 3 aromatic rings. The zero-order valence-corrected chi connectivity index (χ0v) is 14.3. The van der Waals surface area contributed by atoms with E-state index >= 15 is 0 Å². The normalized spacial score (nSPS) is 15.7. The van der Waals surface area contributed by atoms with Gasteiger partial charge < -0.3 is 10.1 Å². The fourth-order valence-corrected chi connectivity index (χ4v) is 3.90. The maximum absolute atomic E-state index is 5.37. The number of rotatable bonds is 5. The first kappa shape index (κ1) is 15.5. The lowest BCUT2D eigenvalue weighted by Gasteiger charge is -2.26. The third-order valence-corrected chi connectivity index (χ3v) is 5.23. The molecule has 0 amide bonds. The molecule has 1 fully saturated rings. The predicted molar refractivity (Wildman–Crippen MR) is 98.6 cm³/mol. The maximum atomic E-state index is 5.37. The highest BCUT2D eigenvalue weighted by Gasteiger charge is 2.10. The maximum Gasteiger partial charge on any atom is 0.129 e. The molecule has 0 saturated carbocycles. The Hall–Kier alpha value is -2.02. The lowest BCUT2D eigenvalue weighted by atomic mass is 10.1. The van der Waals surface area contributed by atoms with Gasteiger partial charge >= 0.3 is 0 Å². The van der Waals surface area contributed by atoms with Crippen molar-refractivity contribution in [2.75, 3.05) is 44.7 Å². The number of nitrogens with one attached hydrogen (secondary N) is 1. The molecule has 124 valence electrons. The number of aromatic nitrogens is 2. The Morgan fingerprint density at radius 1 is 1.17 bits per heavy atom.